The summed E-state index contributed by atoms with van der Waals surface area (Å²) >= 11 is 0. The third kappa shape index (κ3) is 4.88. The summed E-state index contributed by atoms with van der Waals surface area (Å²) in [6.07, 6.45) is -1.14. The molecule has 1 heterocycles. The lowest BCUT2D eigenvalue weighted by atomic mass is 9.67. The molecule has 0 amide bonds. The van der Waals surface area contributed by atoms with Crippen LogP contribution in [-0.2, 0) is 4.74 Å². The van der Waals surface area contributed by atoms with E-state index >= 15 is 0 Å². The molecule has 0 N–H and O–H groups in total. The van der Waals surface area contributed by atoms with Crippen LogP contribution < -0.4 is 4.90 Å². The van der Waals surface area contributed by atoms with Crippen LogP contribution in [-0.4, -0.2) is 56.9 Å². The first kappa shape index (κ1) is 23.6. The highest BCUT2D eigenvalue weighted by Crippen LogP contribution is 2.53. The number of piperidine rings is 1. The molecule has 0 atom stereocenters. The van der Waals surface area contributed by atoms with Gasteiger partial charge >= 0.3 is 12.1 Å². The highest BCUT2D eigenvalue weighted by Gasteiger charge is 2.58. The summed E-state index contributed by atoms with van der Waals surface area (Å²) in [6.45, 7) is 1.56. The van der Waals surface area contributed by atoms with E-state index in [1.165, 1.54) is 7.11 Å². The minimum absolute atomic E-state index is 0.149. The van der Waals surface area contributed by atoms with Crippen molar-refractivity contribution in [1.29, 1.82) is 0 Å². The molecule has 1 saturated heterocycles. The van der Waals surface area contributed by atoms with Gasteiger partial charge in [-0.05, 0) is 61.1 Å². The minimum atomic E-state index is -4.10. The van der Waals surface area contributed by atoms with Gasteiger partial charge in [0.05, 0.1) is 18.1 Å². The number of methoxy groups -OCH3 is 1. The zero-order chi connectivity index (χ0) is 23.6. The maximum atomic E-state index is 13.5. The Morgan fingerprint density at radius 2 is 1.58 bits per heavy atom. The quantitative estimate of drug-likeness (QED) is 0.512. The number of likely N-dealkylation sites (tertiary alicyclic amines) is 1. The molecular weight excluding hydrogens is 429 g/mol. The van der Waals surface area contributed by atoms with E-state index in [-0.39, 0.29) is 25.4 Å². The molecule has 33 heavy (non-hydrogen) atoms. The molecule has 0 spiro atoms. The average Bonchev–Trinajstić information content (AvgIpc) is 2.80. The van der Waals surface area contributed by atoms with Gasteiger partial charge in [0.15, 0.2) is 0 Å². The topological polar surface area (TPSA) is 32.8 Å². The number of nitrogens with zero attached hydrogens (tertiary/aromatic N) is 2. The molecule has 7 heteroatoms. The molecule has 1 saturated carbocycles. The first-order valence-corrected chi connectivity index (χ1v) is 11.5. The van der Waals surface area contributed by atoms with Crippen molar-refractivity contribution in [2.75, 3.05) is 38.7 Å². The van der Waals surface area contributed by atoms with Crippen LogP contribution in [0, 0.1) is 5.41 Å². The minimum Gasteiger partial charge on any atom is -0.465 e. The van der Waals surface area contributed by atoms with Crippen LogP contribution >= 0.6 is 0 Å². The Morgan fingerprint density at radius 3 is 2.03 bits per heavy atom. The van der Waals surface area contributed by atoms with E-state index in [2.05, 4.69) is 36.2 Å². The van der Waals surface area contributed by atoms with Crippen molar-refractivity contribution in [2.24, 2.45) is 5.41 Å². The van der Waals surface area contributed by atoms with Crippen molar-refractivity contribution in [2.45, 2.75) is 44.3 Å². The highest BCUT2D eigenvalue weighted by atomic mass is 19.4. The number of anilines is 1. The van der Waals surface area contributed by atoms with Gasteiger partial charge in [0.1, 0.15) is 0 Å². The standard InChI is InChI=1S/C26H31F3N2O2/c1-30(23-12-16-31(17-13-23)18-25(14-3-15-25)26(27,28)29)22-10-8-20(9-11-22)19-4-6-21(7-5-19)24(32)33-2/h4-11,23H,3,12-18H2,1-2H3. The number of alkyl halides is 3. The number of hydrogen-bond acceptors (Lipinski definition) is 4. The van der Waals surface area contributed by atoms with E-state index in [1.54, 1.807) is 12.1 Å². The number of rotatable bonds is 6. The molecular formula is C26H31F3N2O2. The Kier molecular flexibility index (Phi) is 6.71. The van der Waals surface area contributed by atoms with E-state index in [0.717, 1.165) is 29.7 Å². The molecule has 178 valence electrons. The molecule has 0 bridgehead atoms. The molecule has 1 aliphatic carbocycles. The third-order valence-corrected chi connectivity index (χ3v) is 7.46. The smallest absolute Gasteiger partial charge is 0.395 e. The van der Waals surface area contributed by atoms with Gasteiger partial charge in [-0.25, -0.2) is 4.79 Å². The van der Waals surface area contributed by atoms with Gasteiger partial charge in [0.25, 0.3) is 0 Å². The number of ether oxygens (including phenoxy) is 1. The number of benzene rings is 2. The van der Waals surface area contributed by atoms with E-state index in [4.69, 9.17) is 4.74 Å². The lowest BCUT2D eigenvalue weighted by Crippen LogP contribution is -2.54. The predicted octanol–water partition coefficient (Wildman–Crippen LogP) is 5.77. The zero-order valence-corrected chi connectivity index (χ0v) is 19.2. The van der Waals surface area contributed by atoms with Gasteiger partial charge in [0.2, 0.25) is 0 Å². The highest BCUT2D eigenvalue weighted by molar-refractivity contribution is 5.90. The monoisotopic (exact) mass is 460 g/mol. The molecule has 2 aromatic carbocycles. The maximum Gasteiger partial charge on any atom is 0.395 e. The molecule has 4 rings (SSSR count). The molecule has 1 aliphatic heterocycles. The first-order chi connectivity index (χ1) is 15.7. The van der Waals surface area contributed by atoms with Crippen molar-refractivity contribution in [3.05, 3.63) is 54.1 Å². The Labute approximate surface area is 193 Å². The van der Waals surface area contributed by atoms with E-state index in [9.17, 15) is 18.0 Å². The Balaban J connectivity index is 1.34. The van der Waals surface area contributed by atoms with E-state index in [0.29, 0.717) is 31.1 Å². The normalized spacial score (nSPS) is 19.1. The number of hydrogen-bond donors (Lipinski definition) is 0. The van der Waals surface area contributed by atoms with Crippen LogP contribution in [0.5, 0.6) is 0 Å². The molecule has 2 aromatic rings. The molecule has 0 radical (unpaired) electrons. The van der Waals surface area contributed by atoms with Crippen molar-refractivity contribution in [1.82, 2.24) is 4.90 Å². The fourth-order valence-corrected chi connectivity index (χ4v) is 5.04. The Morgan fingerprint density at radius 1 is 1.03 bits per heavy atom. The summed E-state index contributed by atoms with van der Waals surface area (Å²) in [4.78, 5) is 15.9. The van der Waals surface area contributed by atoms with Gasteiger partial charge in [-0.2, -0.15) is 13.2 Å². The first-order valence-electron chi connectivity index (χ1n) is 11.5. The van der Waals surface area contributed by atoms with Crippen LogP contribution in [0.25, 0.3) is 11.1 Å². The van der Waals surface area contributed by atoms with Gasteiger partial charge in [0, 0.05) is 38.4 Å². The van der Waals surface area contributed by atoms with Crippen molar-refractivity contribution >= 4 is 11.7 Å². The molecule has 0 unspecified atom stereocenters. The number of carbonyl (C=O) groups is 1. The summed E-state index contributed by atoms with van der Waals surface area (Å²) in [5.74, 6) is -0.356. The second kappa shape index (κ2) is 9.37. The summed E-state index contributed by atoms with van der Waals surface area (Å²) < 4.78 is 45.3. The van der Waals surface area contributed by atoms with Gasteiger partial charge in [-0.3, -0.25) is 0 Å². The third-order valence-electron chi connectivity index (χ3n) is 7.46. The second-order valence-corrected chi connectivity index (χ2v) is 9.37. The summed E-state index contributed by atoms with van der Waals surface area (Å²) in [6, 6.07) is 15.9. The van der Waals surface area contributed by atoms with Crippen LogP contribution in [0.4, 0.5) is 18.9 Å². The van der Waals surface area contributed by atoms with E-state index < -0.39 is 11.6 Å². The average molecular weight is 461 g/mol. The maximum absolute atomic E-state index is 13.5. The van der Waals surface area contributed by atoms with Gasteiger partial charge < -0.3 is 14.5 Å². The van der Waals surface area contributed by atoms with Crippen LogP contribution in [0.3, 0.4) is 0 Å². The largest absolute Gasteiger partial charge is 0.465 e. The lowest BCUT2D eigenvalue weighted by Gasteiger charge is -2.48. The van der Waals surface area contributed by atoms with Crippen molar-refractivity contribution < 1.29 is 22.7 Å². The summed E-state index contributed by atoms with van der Waals surface area (Å²) in [5, 5.41) is 0. The predicted molar refractivity (Wildman–Crippen MR) is 123 cm³/mol. The molecule has 4 nitrogen and oxygen atoms in total. The Hall–Kier alpha value is -2.54. The fraction of sp³-hybridized carbons (Fsp3) is 0.500. The number of halogens is 3. The van der Waals surface area contributed by atoms with Gasteiger partial charge in [-0.1, -0.05) is 30.7 Å². The fourth-order valence-electron chi connectivity index (χ4n) is 5.04. The SMILES string of the molecule is COC(=O)c1ccc(-c2ccc(N(C)C3CCN(CC4(C(F)(F)F)CCC4)CC3)cc2)cc1. The molecule has 2 aliphatic rings. The van der Waals surface area contributed by atoms with Gasteiger partial charge in [-0.15, -0.1) is 0 Å². The number of esters is 1. The second-order valence-electron chi connectivity index (χ2n) is 9.37. The van der Waals surface area contributed by atoms with Crippen LogP contribution in [0.15, 0.2) is 48.5 Å². The summed E-state index contributed by atoms with van der Waals surface area (Å²) in [7, 11) is 3.42. The Bertz CT molecular complexity index is 945. The van der Waals surface area contributed by atoms with Crippen molar-refractivity contribution in [3.63, 3.8) is 0 Å². The number of carbonyl (C=O) groups excluding carboxylic acids is 1. The molecule has 2 fully saturated rings. The van der Waals surface area contributed by atoms with Crippen LogP contribution in [0.1, 0.15) is 42.5 Å². The zero-order valence-electron chi connectivity index (χ0n) is 19.2. The van der Waals surface area contributed by atoms with Crippen molar-refractivity contribution in [3.8, 4) is 11.1 Å². The van der Waals surface area contributed by atoms with E-state index in [1.807, 2.05) is 17.0 Å². The van der Waals surface area contributed by atoms with Crippen LogP contribution in [0.2, 0.25) is 0 Å². The summed E-state index contributed by atoms with van der Waals surface area (Å²) in [5.41, 5.74) is 2.20. The lowest BCUT2D eigenvalue weighted by molar-refractivity contribution is -0.256. The molecule has 0 aromatic heterocycles.